The van der Waals surface area contributed by atoms with E-state index >= 15 is 0 Å². The van der Waals surface area contributed by atoms with E-state index in [1.54, 1.807) is 0 Å². The molecule has 1 aliphatic heterocycles. The Morgan fingerprint density at radius 2 is 2.00 bits per heavy atom. The van der Waals surface area contributed by atoms with Gasteiger partial charge in [-0.05, 0) is 17.7 Å². The number of halogens is 1. The van der Waals surface area contributed by atoms with Crippen LogP contribution in [-0.4, -0.2) is 28.6 Å². The molecule has 96 valence electrons. The zero-order valence-corrected chi connectivity index (χ0v) is 12.0. The lowest BCUT2D eigenvalue weighted by molar-refractivity contribution is -0.310. The molecule has 1 heterocycles. The summed E-state index contributed by atoms with van der Waals surface area (Å²) in [5.41, 5.74) is 0.919. The Balaban J connectivity index is 2.30. The molecule has 0 saturated carbocycles. The number of benzene rings is 1. The molecule has 1 saturated heterocycles. The standard InChI is InChI=1S/C12H12BrNO3S/c1-7(15)14-10(12(16)17)6-18-11(14)8-2-4-9(13)5-3-8/h2-5,10-11H,6H2,1H3,(H,16,17)/p-1/t10-,11-/m0/s1. The van der Waals surface area contributed by atoms with Crippen LogP contribution in [0.1, 0.15) is 17.9 Å². The van der Waals surface area contributed by atoms with E-state index in [0.717, 1.165) is 10.0 Å². The van der Waals surface area contributed by atoms with Crippen LogP contribution < -0.4 is 5.11 Å². The average molecular weight is 329 g/mol. The molecule has 2 rings (SSSR count). The normalized spacial score (nSPS) is 23.1. The molecule has 0 unspecified atom stereocenters. The van der Waals surface area contributed by atoms with Gasteiger partial charge in [0.25, 0.3) is 0 Å². The molecule has 1 aromatic rings. The predicted molar refractivity (Wildman–Crippen MR) is 70.7 cm³/mol. The van der Waals surface area contributed by atoms with E-state index in [0.29, 0.717) is 5.75 Å². The molecule has 0 spiro atoms. The van der Waals surface area contributed by atoms with Crippen molar-refractivity contribution in [3.8, 4) is 0 Å². The number of carbonyl (C=O) groups is 2. The lowest BCUT2D eigenvalue weighted by Gasteiger charge is -2.29. The maximum absolute atomic E-state index is 11.6. The van der Waals surface area contributed by atoms with Gasteiger partial charge in [-0.2, -0.15) is 0 Å². The Morgan fingerprint density at radius 3 is 2.50 bits per heavy atom. The van der Waals surface area contributed by atoms with Crippen LogP contribution in [-0.2, 0) is 9.59 Å². The van der Waals surface area contributed by atoms with Crippen molar-refractivity contribution in [1.82, 2.24) is 4.90 Å². The largest absolute Gasteiger partial charge is 0.548 e. The molecular weight excluding hydrogens is 318 g/mol. The minimum atomic E-state index is -1.20. The number of aliphatic carboxylic acids is 1. The first-order chi connectivity index (χ1) is 8.50. The first kappa shape index (κ1) is 13.4. The summed E-state index contributed by atoms with van der Waals surface area (Å²) in [7, 11) is 0. The third-order valence-corrected chi connectivity index (χ3v) is 4.64. The van der Waals surface area contributed by atoms with Gasteiger partial charge in [-0.3, -0.25) is 4.79 Å². The summed E-state index contributed by atoms with van der Waals surface area (Å²) in [6.45, 7) is 1.38. The van der Waals surface area contributed by atoms with Gasteiger partial charge in [-0.1, -0.05) is 28.1 Å². The first-order valence-corrected chi connectivity index (χ1v) is 7.21. The highest BCUT2D eigenvalue weighted by Gasteiger charge is 2.37. The Labute approximate surface area is 117 Å². The van der Waals surface area contributed by atoms with Gasteiger partial charge >= 0.3 is 0 Å². The average Bonchev–Trinajstić information content (AvgIpc) is 2.74. The number of rotatable bonds is 2. The fourth-order valence-corrected chi connectivity index (χ4v) is 3.69. The summed E-state index contributed by atoms with van der Waals surface area (Å²) < 4.78 is 0.945. The van der Waals surface area contributed by atoms with Gasteiger partial charge in [0, 0.05) is 17.1 Å². The van der Waals surface area contributed by atoms with Crippen LogP contribution in [0.25, 0.3) is 0 Å². The molecule has 1 amide bonds. The molecule has 1 aliphatic rings. The second kappa shape index (κ2) is 5.32. The maximum Gasteiger partial charge on any atom is 0.221 e. The summed E-state index contributed by atoms with van der Waals surface area (Å²) in [5, 5.41) is 10.8. The fraction of sp³-hybridized carbons (Fsp3) is 0.333. The van der Waals surface area contributed by atoms with E-state index in [1.807, 2.05) is 24.3 Å². The molecule has 0 bridgehead atoms. The highest BCUT2D eigenvalue weighted by Crippen LogP contribution is 2.41. The van der Waals surface area contributed by atoms with E-state index in [-0.39, 0.29) is 11.3 Å². The van der Waals surface area contributed by atoms with E-state index in [2.05, 4.69) is 15.9 Å². The fourth-order valence-electron chi connectivity index (χ4n) is 1.96. The number of carboxylic acid groups (broad SMARTS) is 1. The lowest BCUT2D eigenvalue weighted by Crippen LogP contribution is -2.48. The maximum atomic E-state index is 11.6. The Bertz CT molecular complexity index is 477. The molecule has 1 fully saturated rings. The smallest absolute Gasteiger partial charge is 0.221 e. The molecule has 4 nitrogen and oxygen atoms in total. The van der Waals surface area contributed by atoms with Crippen molar-refractivity contribution in [3.63, 3.8) is 0 Å². The molecule has 0 aliphatic carbocycles. The van der Waals surface area contributed by atoms with Crippen LogP contribution >= 0.6 is 27.7 Å². The Kier molecular flexibility index (Phi) is 3.97. The van der Waals surface area contributed by atoms with Gasteiger partial charge in [0.15, 0.2) is 0 Å². The summed E-state index contributed by atoms with van der Waals surface area (Å²) in [6.07, 6.45) is 0. The van der Waals surface area contributed by atoms with Gasteiger partial charge in [0.1, 0.15) is 5.37 Å². The van der Waals surface area contributed by atoms with Crippen molar-refractivity contribution >= 4 is 39.6 Å². The molecule has 0 aromatic heterocycles. The Hall–Kier alpha value is -1.01. The number of carboxylic acids is 1. The zero-order valence-electron chi connectivity index (χ0n) is 9.63. The van der Waals surface area contributed by atoms with Crippen molar-refractivity contribution < 1.29 is 14.7 Å². The van der Waals surface area contributed by atoms with Crippen LogP contribution in [0.5, 0.6) is 0 Å². The number of amides is 1. The molecule has 1 aromatic carbocycles. The number of thioether (sulfide) groups is 1. The predicted octanol–water partition coefficient (Wildman–Crippen LogP) is 1.16. The minimum Gasteiger partial charge on any atom is -0.548 e. The van der Waals surface area contributed by atoms with Gasteiger partial charge in [0.05, 0.1) is 12.0 Å². The molecule has 0 N–H and O–H groups in total. The highest BCUT2D eigenvalue weighted by molar-refractivity contribution is 9.10. The highest BCUT2D eigenvalue weighted by atomic mass is 79.9. The van der Waals surface area contributed by atoms with Crippen LogP contribution in [0.4, 0.5) is 0 Å². The number of carbonyl (C=O) groups excluding carboxylic acids is 2. The molecule has 6 heteroatoms. The third-order valence-electron chi connectivity index (χ3n) is 2.79. The summed E-state index contributed by atoms with van der Waals surface area (Å²) in [6, 6.07) is 6.67. The van der Waals surface area contributed by atoms with Crippen LogP contribution in [0.15, 0.2) is 28.7 Å². The summed E-state index contributed by atoms with van der Waals surface area (Å²) in [5.74, 6) is -1.08. The molecule has 2 atom stereocenters. The van der Waals surface area contributed by atoms with Crippen molar-refractivity contribution in [2.24, 2.45) is 0 Å². The summed E-state index contributed by atoms with van der Waals surface area (Å²) >= 11 is 4.78. The second-order valence-electron chi connectivity index (χ2n) is 4.00. The minimum absolute atomic E-state index is 0.248. The van der Waals surface area contributed by atoms with Crippen molar-refractivity contribution in [2.75, 3.05) is 5.75 Å². The molecule has 18 heavy (non-hydrogen) atoms. The van der Waals surface area contributed by atoms with Crippen molar-refractivity contribution in [2.45, 2.75) is 18.3 Å². The lowest BCUT2D eigenvalue weighted by atomic mass is 10.2. The monoisotopic (exact) mass is 328 g/mol. The second-order valence-corrected chi connectivity index (χ2v) is 6.03. The van der Waals surface area contributed by atoms with Crippen molar-refractivity contribution in [3.05, 3.63) is 34.3 Å². The van der Waals surface area contributed by atoms with Crippen LogP contribution in [0.2, 0.25) is 0 Å². The molecule has 0 radical (unpaired) electrons. The first-order valence-electron chi connectivity index (χ1n) is 5.37. The van der Waals surface area contributed by atoms with Crippen molar-refractivity contribution in [1.29, 1.82) is 0 Å². The van der Waals surface area contributed by atoms with E-state index in [4.69, 9.17) is 0 Å². The number of hydrogen-bond acceptors (Lipinski definition) is 4. The number of nitrogens with zero attached hydrogens (tertiary/aromatic N) is 1. The summed E-state index contributed by atoms with van der Waals surface area (Å²) in [4.78, 5) is 24.0. The van der Waals surface area contributed by atoms with Gasteiger partial charge in [-0.25, -0.2) is 0 Å². The topological polar surface area (TPSA) is 60.4 Å². The van der Waals surface area contributed by atoms with E-state index < -0.39 is 12.0 Å². The van der Waals surface area contributed by atoms with Crippen LogP contribution in [0.3, 0.4) is 0 Å². The Morgan fingerprint density at radius 1 is 1.39 bits per heavy atom. The number of hydrogen-bond donors (Lipinski definition) is 0. The third kappa shape index (κ3) is 2.54. The molecular formula is C12H11BrNO3S-. The van der Waals surface area contributed by atoms with Gasteiger partial charge in [0.2, 0.25) is 5.91 Å². The van der Waals surface area contributed by atoms with Gasteiger partial charge in [-0.15, -0.1) is 11.8 Å². The van der Waals surface area contributed by atoms with Crippen LogP contribution in [0, 0.1) is 0 Å². The van der Waals surface area contributed by atoms with E-state index in [1.165, 1.54) is 23.6 Å². The van der Waals surface area contributed by atoms with Gasteiger partial charge < -0.3 is 14.8 Å². The quantitative estimate of drug-likeness (QED) is 0.817. The van der Waals surface area contributed by atoms with E-state index in [9.17, 15) is 14.7 Å². The zero-order chi connectivity index (χ0) is 13.3. The SMILES string of the molecule is CC(=O)N1[C@H](C(=O)[O-])CS[C@H]1c1ccc(Br)cc1.